The molecule has 1 aromatic rings. The molecule has 10 heteroatoms. The molecule has 1 aromatic heterocycles. The van der Waals surface area contributed by atoms with Crippen molar-refractivity contribution in [1.29, 1.82) is 0 Å². The minimum atomic E-state index is -4.06. The molecule has 7 nitrogen and oxygen atoms in total. The van der Waals surface area contributed by atoms with Crippen LogP contribution in [-0.2, 0) is 12.7 Å². The first-order chi connectivity index (χ1) is 6.99. The second kappa shape index (κ2) is 4.96. The molecule has 0 aliphatic carbocycles. The minimum Gasteiger partial charge on any atom is -0.384 e. The largest absolute Gasteiger partial charge is 0.564 e. The molecular weight excluding hydrogens is 268 g/mol. The van der Waals surface area contributed by atoms with E-state index in [9.17, 15) is 4.57 Å². The van der Waals surface area contributed by atoms with E-state index in [1.807, 2.05) is 0 Å². The Hall–Kier alpha value is -0.590. The molecule has 0 aliphatic heterocycles. The average molecular weight is 274 g/mol. The second-order valence-corrected chi connectivity index (χ2v) is 4.56. The molecule has 84 valence electrons. The van der Waals surface area contributed by atoms with Crippen LogP contribution in [0.1, 0.15) is 5.69 Å². The van der Waals surface area contributed by atoms with Crippen molar-refractivity contribution >= 4 is 37.5 Å². The maximum absolute atomic E-state index is 11.3. The van der Waals surface area contributed by atoms with Crippen LogP contribution in [0.15, 0.2) is 6.07 Å². The number of aromatic nitrogens is 2. The Labute approximate surface area is 95.4 Å². The zero-order chi connectivity index (χ0) is 11.5. The van der Waals surface area contributed by atoms with Gasteiger partial charge in [-0.05, 0) is 6.92 Å². The standard InChI is InChI=1S/C5H6Cl2N3O4P/c1-3-2-4(10-5(8)9-3)12-15(11,13-6)14-7/h2H,1H3,(H2,8,9,10). The van der Waals surface area contributed by atoms with Gasteiger partial charge in [0.15, 0.2) is 0 Å². The van der Waals surface area contributed by atoms with Crippen molar-refractivity contribution < 1.29 is 17.2 Å². The molecule has 0 saturated heterocycles. The van der Waals surface area contributed by atoms with E-state index >= 15 is 0 Å². The number of nitrogen functional groups attached to an aromatic ring is 1. The van der Waals surface area contributed by atoms with E-state index in [-0.39, 0.29) is 11.8 Å². The molecule has 0 unspecified atom stereocenters. The number of hydrogen-bond donors (Lipinski definition) is 1. The Morgan fingerprint density at radius 1 is 1.40 bits per heavy atom. The van der Waals surface area contributed by atoms with Crippen LogP contribution in [0.2, 0.25) is 0 Å². The molecular formula is C5H6Cl2N3O4P. The van der Waals surface area contributed by atoms with Crippen molar-refractivity contribution in [1.82, 2.24) is 9.97 Å². The lowest BCUT2D eigenvalue weighted by molar-refractivity contribution is 0.314. The fourth-order valence-electron chi connectivity index (χ4n) is 0.762. The monoisotopic (exact) mass is 273 g/mol. The number of hydrogen-bond acceptors (Lipinski definition) is 7. The smallest absolute Gasteiger partial charge is 0.384 e. The lowest BCUT2D eigenvalue weighted by Gasteiger charge is -2.10. The van der Waals surface area contributed by atoms with E-state index in [0.717, 1.165) is 0 Å². The van der Waals surface area contributed by atoms with Gasteiger partial charge in [0.2, 0.25) is 11.8 Å². The number of aryl methyl sites for hydroxylation is 1. The zero-order valence-electron chi connectivity index (χ0n) is 7.39. The van der Waals surface area contributed by atoms with E-state index in [1.165, 1.54) is 6.07 Å². The van der Waals surface area contributed by atoms with Gasteiger partial charge in [-0.2, -0.15) is 13.1 Å². The highest BCUT2D eigenvalue weighted by atomic mass is 35.5. The minimum absolute atomic E-state index is 0.0549. The van der Waals surface area contributed by atoms with E-state index in [2.05, 4.69) is 22.6 Å². The molecule has 0 saturated carbocycles. The highest BCUT2D eigenvalue weighted by Crippen LogP contribution is 2.51. The predicted molar refractivity (Wildman–Crippen MR) is 53.3 cm³/mol. The zero-order valence-corrected chi connectivity index (χ0v) is 9.79. The molecule has 2 N–H and O–H groups in total. The van der Waals surface area contributed by atoms with E-state index in [0.29, 0.717) is 5.69 Å². The topological polar surface area (TPSA) is 96.6 Å². The number of nitrogens with zero attached hydrogens (tertiary/aromatic N) is 2. The number of halogens is 2. The fraction of sp³-hybridized carbons (Fsp3) is 0.200. The average Bonchev–Trinajstić information content (AvgIpc) is 2.16. The first-order valence-electron chi connectivity index (χ1n) is 3.50. The molecule has 0 aromatic carbocycles. The van der Waals surface area contributed by atoms with Crippen molar-refractivity contribution in [2.45, 2.75) is 6.92 Å². The third kappa shape index (κ3) is 3.48. The summed E-state index contributed by atoms with van der Waals surface area (Å²) < 4.78 is 23.8. The van der Waals surface area contributed by atoms with Gasteiger partial charge in [0.25, 0.3) is 0 Å². The SMILES string of the molecule is Cc1cc(OP(=O)(OCl)OCl)nc(N)n1. The molecule has 0 fully saturated rings. The van der Waals surface area contributed by atoms with Crippen LogP contribution in [-0.4, -0.2) is 9.97 Å². The first kappa shape index (κ1) is 12.5. The number of phosphoric acid groups is 1. The third-order valence-corrected chi connectivity index (χ3v) is 2.99. The Morgan fingerprint density at radius 3 is 2.47 bits per heavy atom. The molecule has 1 heterocycles. The van der Waals surface area contributed by atoms with E-state index in [1.54, 1.807) is 6.92 Å². The quantitative estimate of drug-likeness (QED) is 0.840. The van der Waals surface area contributed by atoms with Gasteiger partial charge in [-0.15, -0.1) is 0 Å². The molecule has 0 amide bonds. The summed E-state index contributed by atoms with van der Waals surface area (Å²) in [6.45, 7) is 1.64. The molecule has 1 rings (SSSR count). The van der Waals surface area contributed by atoms with Gasteiger partial charge >= 0.3 is 7.82 Å². The summed E-state index contributed by atoms with van der Waals surface area (Å²) in [5.74, 6) is -0.176. The second-order valence-electron chi connectivity index (χ2n) is 2.38. The third-order valence-electron chi connectivity index (χ3n) is 1.22. The van der Waals surface area contributed by atoms with Crippen LogP contribution >= 0.6 is 31.6 Å². The maximum atomic E-state index is 11.3. The molecule has 15 heavy (non-hydrogen) atoms. The van der Waals surface area contributed by atoms with Crippen molar-refractivity contribution in [3.05, 3.63) is 11.8 Å². The normalized spacial score (nSPS) is 11.4. The lowest BCUT2D eigenvalue weighted by atomic mass is 10.4. The Balaban J connectivity index is 2.93. The lowest BCUT2D eigenvalue weighted by Crippen LogP contribution is -2.01. The van der Waals surface area contributed by atoms with Gasteiger partial charge in [-0.3, -0.25) is 0 Å². The van der Waals surface area contributed by atoms with Crippen molar-refractivity contribution in [3.63, 3.8) is 0 Å². The molecule has 0 spiro atoms. The summed E-state index contributed by atoms with van der Waals surface area (Å²) in [5, 5.41) is 0. The van der Waals surface area contributed by atoms with Crippen LogP contribution < -0.4 is 10.3 Å². The summed E-state index contributed by atoms with van der Waals surface area (Å²) in [4.78, 5) is 7.38. The molecule has 0 bridgehead atoms. The van der Waals surface area contributed by atoms with E-state index in [4.69, 9.17) is 29.5 Å². The Bertz CT molecular complexity index is 376. The van der Waals surface area contributed by atoms with E-state index < -0.39 is 7.82 Å². The summed E-state index contributed by atoms with van der Waals surface area (Å²) in [6.07, 6.45) is 0. The number of nitrogens with two attached hydrogens (primary N) is 1. The van der Waals surface area contributed by atoms with Gasteiger partial charge < -0.3 is 10.3 Å². The van der Waals surface area contributed by atoms with Crippen molar-refractivity contribution in [3.8, 4) is 5.88 Å². The number of anilines is 1. The van der Waals surface area contributed by atoms with Crippen LogP contribution in [0.3, 0.4) is 0 Å². The van der Waals surface area contributed by atoms with Gasteiger partial charge in [-0.1, -0.05) is 0 Å². The van der Waals surface area contributed by atoms with Gasteiger partial charge in [0.1, 0.15) is 0 Å². The first-order valence-corrected chi connectivity index (χ1v) is 5.58. The highest BCUT2D eigenvalue weighted by Gasteiger charge is 2.29. The van der Waals surface area contributed by atoms with Gasteiger partial charge in [0.05, 0.1) is 23.7 Å². The molecule has 0 aliphatic rings. The summed E-state index contributed by atoms with van der Waals surface area (Å²) in [7, 11) is -4.06. The summed E-state index contributed by atoms with van der Waals surface area (Å²) in [6, 6.07) is 1.36. The van der Waals surface area contributed by atoms with Crippen molar-refractivity contribution in [2.24, 2.45) is 0 Å². The Morgan fingerprint density at radius 2 is 2.00 bits per heavy atom. The van der Waals surface area contributed by atoms with Crippen molar-refractivity contribution in [2.75, 3.05) is 5.73 Å². The van der Waals surface area contributed by atoms with Gasteiger partial charge in [-0.25, -0.2) is 9.55 Å². The van der Waals surface area contributed by atoms with Crippen LogP contribution in [0.5, 0.6) is 5.88 Å². The summed E-state index contributed by atoms with van der Waals surface area (Å²) in [5.41, 5.74) is 5.83. The summed E-state index contributed by atoms with van der Waals surface area (Å²) >= 11 is 9.73. The van der Waals surface area contributed by atoms with Crippen LogP contribution in [0.4, 0.5) is 5.95 Å². The molecule has 0 atom stereocenters. The molecule has 0 radical (unpaired) electrons. The maximum Gasteiger partial charge on any atom is 0.564 e. The van der Waals surface area contributed by atoms with Crippen LogP contribution in [0.25, 0.3) is 0 Å². The highest BCUT2D eigenvalue weighted by molar-refractivity contribution is 7.50. The van der Waals surface area contributed by atoms with Crippen LogP contribution in [0, 0.1) is 6.92 Å². The number of rotatable bonds is 4. The predicted octanol–water partition coefficient (Wildman–Crippen LogP) is 2.19. The fourth-order valence-corrected chi connectivity index (χ4v) is 1.59. The Kier molecular flexibility index (Phi) is 4.12. The van der Waals surface area contributed by atoms with Gasteiger partial charge in [0, 0.05) is 11.8 Å².